The highest BCUT2D eigenvalue weighted by Gasteiger charge is 2.18. The average molecular weight is 554 g/mol. The lowest BCUT2D eigenvalue weighted by atomic mass is 9.98. The molecule has 9 heteroatoms. The van der Waals surface area contributed by atoms with E-state index in [4.69, 9.17) is 16.3 Å². The first kappa shape index (κ1) is 27.1. The third kappa shape index (κ3) is 5.47. The molecule has 1 heterocycles. The van der Waals surface area contributed by atoms with Gasteiger partial charge in [0.15, 0.2) is 0 Å². The van der Waals surface area contributed by atoms with Crippen LogP contribution in [0.5, 0.6) is 0 Å². The first-order chi connectivity index (χ1) is 19.0. The largest absolute Gasteiger partial charge is 0.384 e. The number of benzene rings is 4. The lowest BCUT2D eigenvalue weighted by Gasteiger charge is -2.09. The Morgan fingerprint density at radius 1 is 0.925 bits per heavy atom. The van der Waals surface area contributed by atoms with E-state index in [9.17, 15) is 13.2 Å². The van der Waals surface area contributed by atoms with Gasteiger partial charge >= 0.3 is 0 Å². The molecule has 4 aromatic carbocycles. The maximum absolute atomic E-state index is 13.6. The highest BCUT2D eigenvalue weighted by atomic mass is 32.2. The number of nitrogen functional groups attached to an aromatic ring is 1. The van der Waals surface area contributed by atoms with Gasteiger partial charge in [0, 0.05) is 28.8 Å². The molecule has 0 amide bonds. The van der Waals surface area contributed by atoms with Gasteiger partial charge in [0.2, 0.25) is 10.0 Å². The Labute approximate surface area is 232 Å². The summed E-state index contributed by atoms with van der Waals surface area (Å²) in [4.78, 5) is 13.6. The number of sulfonamides is 1. The number of nitrogens with zero attached hydrogens (tertiary/aromatic N) is 1. The first-order valence-corrected chi connectivity index (χ1v) is 14.5. The van der Waals surface area contributed by atoms with Crippen molar-refractivity contribution in [1.29, 1.82) is 5.41 Å². The maximum atomic E-state index is 13.6. The molecule has 5 aromatic rings. The molecule has 0 unspecified atom stereocenters. The number of aromatic nitrogens is 2. The van der Waals surface area contributed by atoms with Crippen LogP contribution in [-0.4, -0.2) is 24.0 Å². The summed E-state index contributed by atoms with van der Waals surface area (Å²) in [6.45, 7) is 4.47. The van der Waals surface area contributed by atoms with Crippen molar-refractivity contribution in [2.75, 3.05) is 0 Å². The highest BCUT2D eigenvalue weighted by Crippen LogP contribution is 2.28. The lowest BCUT2D eigenvalue weighted by molar-refractivity contribution is 0.598. The smallest absolute Gasteiger partial charge is 0.270 e. The molecule has 0 saturated carbocycles. The van der Waals surface area contributed by atoms with Crippen molar-refractivity contribution in [3.05, 3.63) is 123 Å². The quantitative estimate of drug-likeness (QED) is 0.163. The van der Waals surface area contributed by atoms with E-state index >= 15 is 0 Å². The number of hydrogen-bond donors (Lipinski definition) is 4. The maximum Gasteiger partial charge on any atom is 0.270 e. The van der Waals surface area contributed by atoms with Crippen LogP contribution in [0.15, 0.2) is 94.6 Å². The van der Waals surface area contributed by atoms with Crippen LogP contribution < -0.4 is 16.4 Å². The minimum absolute atomic E-state index is 0.0146. The van der Waals surface area contributed by atoms with Crippen molar-refractivity contribution in [1.82, 2.24) is 9.78 Å². The topological polar surface area (TPSA) is 148 Å². The predicted octanol–water partition coefficient (Wildman–Crippen LogP) is 4.69. The lowest BCUT2D eigenvalue weighted by Crippen LogP contribution is -2.20. The summed E-state index contributed by atoms with van der Waals surface area (Å²) in [7, 11) is -3.87. The van der Waals surface area contributed by atoms with Gasteiger partial charge in [-0.15, -0.1) is 0 Å². The Kier molecular flexibility index (Phi) is 7.18. The monoisotopic (exact) mass is 553 g/mol. The first-order valence-electron chi connectivity index (χ1n) is 12.9. The van der Waals surface area contributed by atoms with E-state index < -0.39 is 10.0 Å². The van der Waals surface area contributed by atoms with Gasteiger partial charge in [0.05, 0.1) is 11.4 Å². The molecule has 0 fully saturated rings. The van der Waals surface area contributed by atoms with Crippen LogP contribution >= 0.6 is 0 Å². The second-order valence-electron chi connectivity index (χ2n) is 10.3. The molecule has 0 atom stereocenters. The normalized spacial score (nSPS) is 11.8. The summed E-state index contributed by atoms with van der Waals surface area (Å²) in [5, 5.41) is 18.4. The van der Waals surface area contributed by atoms with Gasteiger partial charge in [-0.05, 0) is 51.6 Å². The summed E-state index contributed by atoms with van der Waals surface area (Å²) in [5.74, 6) is 0.125. The third-order valence-corrected chi connectivity index (χ3v) is 8.03. The van der Waals surface area contributed by atoms with E-state index in [1.54, 1.807) is 22.9 Å². The number of primary sulfonamides is 1. The molecule has 0 aliphatic heterocycles. The molecule has 8 nitrogen and oxygen atoms in total. The second-order valence-corrected chi connectivity index (χ2v) is 11.8. The van der Waals surface area contributed by atoms with Crippen molar-refractivity contribution < 1.29 is 8.42 Å². The fourth-order valence-corrected chi connectivity index (χ4v) is 5.77. The highest BCUT2D eigenvalue weighted by molar-refractivity contribution is 7.89. The van der Waals surface area contributed by atoms with Crippen LogP contribution in [0.3, 0.4) is 0 Å². The molecule has 0 aliphatic carbocycles. The van der Waals surface area contributed by atoms with E-state index in [0.717, 1.165) is 33.2 Å². The second kappa shape index (κ2) is 10.6. The van der Waals surface area contributed by atoms with Crippen LogP contribution in [0, 0.1) is 5.41 Å². The minimum Gasteiger partial charge on any atom is -0.384 e. The number of nitrogens with two attached hydrogens (primary N) is 2. The van der Waals surface area contributed by atoms with Gasteiger partial charge in [0.25, 0.3) is 5.56 Å². The molecule has 0 saturated heterocycles. The Bertz CT molecular complexity index is 1900. The molecule has 40 heavy (non-hydrogen) atoms. The van der Waals surface area contributed by atoms with Gasteiger partial charge in [0.1, 0.15) is 5.84 Å². The minimum atomic E-state index is -3.87. The fourth-order valence-electron chi connectivity index (χ4n) is 5.01. The summed E-state index contributed by atoms with van der Waals surface area (Å²) in [6, 6.07) is 25.8. The zero-order chi connectivity index (χ0) is 28.6. The molecular formula is C31H31N5O3S. The van der Waals surface area contributed by atoms with Crippen LogP contribution in [0.25, 0.3) is 21.9 Å². The Hall–Kier alpha value is -4.47. The standard InChI is InChI=1S/C31H31N5O3S/c1-19(2)29-27(16-20-7-11-23(12-8-20)26-5-3-4-6-28(26)40(34,38)39)31(37)36(35-29)18-21-9-10-22-13-14-24(30(32)33)17-25(22)15-21/h3-15,17,19,35H,16,18H2,1-2H3,(H3,32,33)(H2,34,38,39). The average Bonchev–Trinajstić information content (AvgIpc) is 3.23. The van der Waals surface area contributed by atoms with Crippen LogP contribution in [0.1, 0.15) is 47.7 Å². The molecule has 0 radical (unpaired) electrons. The van der Waals surface area contributed by atoms with Crippen LogP contribution in [0.2, 0.25) is 0 Å². The molecule has 0 aliphatic rings. The van der Waals surface area contributed by atoms with Crippen LogP contribution in [-0.2, 0) is 23.0 Å². The molecule has 6 N–H and O–H groups in total. The van der Waals surface area contributed by atoms with Gasteiger partial charge in [-0.3, -0.25) is 15.3 Å². The van der Waals surface area contributed by atoms with Crippen molar-refractivity contribution in [3.63, 3.8) is 0 Å². The molecule has 0 spiro atoms. The Morgan fingerprint density at radius 3 is 2.27 bits per heavy atom. The molecular weight excluding hydrogens is 522 g/mol. The van der Waals surface area contributed by atoms with Crippen molar-refractivity contribution >= 4 is 26.6 Å². The predicted molar refractivity (Wildman–Crippen MR) is 159 cm³/mol. The number of rotatable bonds is 8. The zero-order valence-corrected chi connectivity index (χ0v) is 23.1. The molecule has 204 valence electrons. The number of H-pyrrole nitrogens is 1. The van der Waals surface area contributed by atoms with Crippen molar-refractivity contribution in [3.8, 4) is 11.1 Å². The van der Waals surface area contributed by atoms with Crippen molar-refractivity contribution in [2.24, 2.45) is 10.9 Å². The molecule has 0 bridgehead atoms. The number of aromatic amines is 1. The van der Waals surface area contributed by atoms with E-state index in [-0.39, 0.29) is 22.2 Å². The number of hydrogen-bond acceptors (Lipinski definition) is 4. The summed E-state index contributed by atoms with van der Waals surface area (Å²) >= 11 is 0. The Morgan fingerprint density at radius 2 is 1.60 bits per heavy atom. The van der Waals surface area contributed by atoms with Crippen LogP contribution in [0.4, 0.5) is 0 Å². The van der Waals surface area contributed by atoms with Gasteiger partial charge in [-0.1, -0.05) is 80.6 Å². The van der Waals surface area contributed by atoms with E-state index in [2.05, 4.69) is 5.10 Å². The molecule has 5 rings (SSSR count). The van der Waals surface area contributed by atoms with Gasteiger partial charge in [-0.2, -0.15) is 0 Å². The summed E-state index contributed by atoms with van der Waals surface area (Å²) in [6.07, 6.45) is 0.437. The summed E-state index contributed by atoms with van der Waals surface area (Å²) < 4.78 is 25.7. The van der Waals surface area contributed by atoms with E-state index in [1.807, 2.05) is 74.5 Å². The number of nitrogens with one attached hydrogen (secondary N) is 2. The third-order valence-electron chi connectivity index (χ3n) is 7.06. The Balaban J connectivity index is 1.44. The molecule has 1 aromatic heterocycles. The SMILES string of the molecule is CC(C)c1[nH]n(Cc2ccc3ccc(C(=N)N)cc3c2)c(=O)c1Cc1ccc(-c2ccccc2S(N)(=O)=O)cc1. The van der Waals surface area contributed by atoms with E-state index in [0.29, 0.717) is 29.7 Å². The summed E-state index contributed by atoms with van der Waals surface area (Å²) in [5.41, 5.74) is 11.0. The van der Waals surface area contributed by atoms with Crippen molar-refractivity contribution in [2.45, 2.75) is 37.6 Å². The van der Waals surface area contributed by atoms with Gasteiger partial charge in [-0.25, -0.2) is 18.2 Å². The van der Waals surface area contributed by atoms with Gasteiger partial charge < -0.3 is 5.73 Å². The number of amidine groups is 1. The fraction of sp³-hybridized carbons (Fsp3) is 0.161. The van der Waals surface area contributed by atoms with E-state index in [1.165, 1.54) is 6.07 Å². The zero-order valence-electron chi connectivity index (χ0n) is 22.3. The number of fused-ring (bicyclic) bond motifs is 1.